The SMILES string of the molecule is CC(O)CCN(C)C(=O)NCC1(N2CCCCC2)CCCCC1. The largest absolute Gasteiger partial charge is 0.393 e. The Balaban J connectivity index is 1.88. The quantitative estimate of drug-likeness (QED) is 0.789. The van der Waals surface area contributed by atoms with Gasteiger partial charge in [-0.3, -0.25) is 4.90 Å². The lowest BCUT2D eigenvalue weighted by Gasteiger charge is -2.48. The van der Waals surface area contributed by atoms with Crippen LogP contribution in [0.1, 0.15) is 64.7 Å². The Morgan fingerprint density at radius 2 is 1.78 bits per heavy atom. The van der Waals surface area contributed by atoms with Gasteiger partial charge >= 0.3 is 6.03 Å². The van der Waals surface area contributed by atoms with E-state index in [1.807, 2.05) is 7.05 Å². The molecule has 1 unspecified atom stereocenters. The number of carbonyl (C=O) groups is 1. The summed E-state index contributed by atoms with van der Waals surface area (Å²) in [5.41, 5.74) is 0.180. The van der Waals surface area contributed by atoms with Gasteiger partial charge in [-0.25, -0.2) is 4.79 Å². The molecule has 1 heterocycles. The molecule has 0 aromatic carbocycles. The fourth-order valence-corrected chi connectivity index (χ4v) is 4.04. The van der Waals surface area contributed by atoms with E-state index < -0.39 is 0 Å². The van der Waals surface area contributed by atoms with Crippen LogP contribution in [0.3, 0.4) is 0 Å². The number of hydrogen-bond donors (Lipinski definition) is 2. The molecule has 134 valence electrons. The van der Waals surface area contributed by atoms with E-state index in [0.29, 0.717) is 13.0 Å². The summed E-state index contributed by atoms with van der Waals surface area (Å²) in [6, 6.07) is -0.00684. The number of amides is 2. The summed E-state index contributed by atoms with van der Waals surface area (Å²) in [5, 5.41) is 12.5. The maximum Gasteiger partial charge on any atom is 0.317 e. The van der Waals surface area contributed by atoms with Crippen molar-refractivity contribution in [2.24, 2.45) is 0 Å². The van der Waals surface area contributed by atoms with E-state index in [9.17, 15) is 9.90 Å². The van der Waals surface area contributed by atoms with Gasteiger partial charge in [-0.1, -0.05) is 25.7 Å². The number of aliphatic hydroxyl groups is 1. The number of hydrogen-bond acceptors (Lipinski definition) is 3. The lowest BCUT2D eigenvalue weighted by Crippen LogP contribution is -2.59. The van der Waals surface area contributed by atoms with Gasteiger partial charge in [0.25, 0.3) is 0 Å². The van der Waals surface area contributed by atoms with Gasteiger partial charge in [-0.15, -0.1) is 0 Å². The van der Waals surface area contributed by atoms with Crippen LogP contribution in [0.2, 0.25) is 0 Å². The van der Waals surface area contributed by atoms with Crippen molar-refractivity contribution >= 4 is 6.03 Å². The zero-order valence-corrected chi connectivity index (χ0v) is 15.0. The maximum atomic E-state index is 12.3. The minimum Gasteiger partial charge on any atom is -0.393 e. The van der Waals surface area contributed by atoms with Crippen molar-refractivity contribution in [3.63, 3.8) is 0 Å². The summed E-state index contributed by atoms with van der Waals surface area (Å²) in [4.78, 5) is 16.7. The Bertz CT molecular complexity index is 361. The molecule has 2 fully saturated rings. The average Bonchev–Trinajstić information content (AvgIpc) is 2.59. The lowest BCUT2D eigenvalue weighted by molar-refractivity contribution is 0.0345. The summed E-state index contributed by atoms with van der Waals surface area (Å²) in [6.07, 6.45) is 10.5. The van der Waals surface area contributed by atoms with E-state index in [-0.39, 0.29) is 17.7 Å². The van der Waals surface area contributed by atoms with Crippen LogP contribution < -0.4 is 5.32 Å². The highest BCUT2D eigenvalue weighted by Crippen LogP contribution is 2.35. The molecule has 1 aliphatic carbocycles. The summed E-state index contributed by atoms with van der Waals surface area (Å²) < 4.78 is 0. The fraction of sp³-hybridized carbons (Fsp3) is 0.944. The Kier molecular flexibility index (Phi) is 7.15. The van der Waals surface area contributed by atoms with Crippen molar-refractivity contribution < 1.29 is 9.90 Å². The Morgan fingerprint density at radius 3 is 2.39 bits per heavy atom. The molecule has 0 spiro atoms. The molecule has 0 radical (unpaired) electrons. The first-order chi connectivity index (χ1) is 11.0. The predicted molar refractivity (Wildman–Crippen MR) is 93.6 cm³/mol. The molecule has 1 atom stereocenters. The van der Waals surface area contributed by atoms with Crippen LogP contribution in [0.25, 0.3) is 0 Å². The molecule has 2 amide bonds. The summed E-state index contributed by atoms with van der Waals surface area (Å²) >= 11 is 0. The van der Waals surface area contributed by atoms with Crippen molar-refractivity contribution in [3.05, 3.63) is 0 Å². The monoisotopic (exact) mass is 325 g/mol. The predicted octanol–water partition coefficient (Wildman–Crippen LogP) is 2.59. The van der Waals surface area contributed by atoms with Gasteiger partial charge in [-0.2, -0.15) is 0 Å². The molecule has 23 heavy (non-hydrogen) atoms. The second-order valence-electron chi connectivity index (χ2n) is 7.55. The fourth-order valence-electron chi connectivity index (χ4n) is 4.04. The van der Waals surface area contributed by atoms with Crippen LogP contribution in [-0.4, -0.2) is 65.8 Å². The number of carbonyl (C=O) groups excluding carboxylic acids is 1. The minimum atomic E-state index is -0.358. The van der Waals surface area contributed by atoms with Gasteiger partial charge in [0.15, 0.2) is 0 Å². The molecule has 0 aromatic rings. The smallest absolute Gasteiger partial charge is 0.317 e. The van der Waals surface area contributed by atoms with Gasteiger partial charge in [0.2, 0.25) is 0 Å². The van der Waals surface area contributed by atoms with E-state index >= 15 is 0 Å². The molecule has 5 nitrogen and oxygen atoms in total. The molecule has 1 saturated carbocycles. The molecule has 2 N–H and O–H groups in total. The first kappa shape index (κ1) is 18.5. The average molecular weight is 325 g/mol. The number of piperidine rings is 1. The summed E-state index contributed by atoms with van der Waals surface area (Å²) in [6.45, 7) is 5.51. The lowest BCUT2D eigenvalue weighted by atomic mass is 9.79. The van der Waals surface area contributed by atoms with Crippen LogP contribution in [0.4, 0.5) is 4.79 Å². The molecular formula is C18H35N3O2. The van der Waals surface area contributed by atoms with Crippen molar-refractivity contribution in [2.75, 3.05) is 33.2 Å². The van der Waals surface area contributed by atoms with Gasteiger partial charge in [0, 0.05) is 25.7 Å². The normalized spacial score (nSPS) is 23.3. The zero-order chi connectivity index (χ0) is 16.7. The van der Waals surface area contributed by atoms with Crippen LogP contribution >= 0.6 is 0 Å². The molecular weight excluding hydrogens is 290 g/mol. The third-order valence-electron chi connectivity index (χ3n) is 5.61. The van der Waals surface area contributed by atoms with Gasteiger partial charge in [-0.05, 0) is 52.1 Å². The van der Waals surface area contributed by atoms with Gasteiger partial charge in [0.1, 0.15) is 0 Å². The number of urea groups is 1. The van der Waals surface area contributed by atoms with Gasteiger partial charge in [0.05, 0.1) is 6.10 Å². The van der Waals surface area contributed by atoms with E-state index in [2.05, 4.69) is 10.2 Å². The van der Waals surface area contributed by atoms with Crippen LogP contribution in [0.15, 0.2) is 0 Å². The highest BCUT2D eigenvalue weighted by atomic mass is 16.3. The first-order valence-corrected chi connectivity index (χ1v) is 9.46. The second kappa shape index (κ2) is 8.88. The molecule has 0 bridgehead atoms. The standard InChI is InChI=1S/C18H35N3O2/c1-16(22)9-14-20(2)17(23)19-15-18(10-5-3-6-11-18)21-12-7-4-8-13-21/h16,22H,3-15H2,1-2H3,(H,19,23). The molecule has 2 aliphatic rings. The number of nitrogens with one attached hydrogen (secondary N) is 1. The zero-order valence-electron chi connectivity index (χ0n) is 15.0. The third kappa shape index (κ3) is 5.35. The Hall–Kier alpha value is -0.810. The number of aliphatic hydroxyl groups excluding tert-OH is 1. The molecule has 2 rings (SSSR count). The third-order valence-corrected chi connectivity index (χ3v) is 5.61. The highest BCUT2D eigenvalue weighted by Gasteiger charge is 2.38. The van der Waals surface area contributed by atoms with Crippen molar-refractivity contribution in [1.29, 1.82) is 0 Å². The van der Waals surface area contributed by atoms with Crippen molar-refractivity contribution in [3.8, 4) is 0 Å². The molecule has 0 aromatic heterocycles. The van der Waals surface area contributed by atoms with E-state index in [0.717, 1.165) is 6.54 Å². The van der Waals surface area contributed by atoms with Crippen molar-refractivity contribution in [1.82, 2.24) is 15.1 Å². The summed E-state index contributed by atoms with van der Waals surface area (Å²) in [7, 11) is 1.81. The van der Waals surface area contributed by atoms with E-state index in [1.165, 1.54) is 64.5 Å². The Morgan fingerprint density at radius 1 is 1.17 bits per heavy atom. The maximum absolute atomic E-state index is 12.3. The number of nitrogens with zero attached hydrogens (tertiary/aromatic N) is 2. The molecule has 5 heteroatoms. The van der Waals surface area contributed by atoms with Crippen LogP contribution in [0, 0.1) is 0 Å². The molecule has 1 aliphatic heterocycles. The number of rotatable bonds is 6. The van der Waals surface area contributed by atoms with E-state index in [4.69, 9.17) is 0 Å². The van der Waals surface area contributed by atoms with Crippen LogP contribution in [-0.2, 0) is 0 Å². The first-order valence-electron chi connectivity index (χ1n) is 9.46. The topological polar surface area (TPSA) is 55.8 Å². The summed E-state index contributed by atoms with van der Waals surface area (Å²) in [5.74, 6) is 0. The minimum absolute atomic E-state index is 0.00684. The van der Waals surface area contributed by atoms with E-state index in [1.54, 1.807) is 11.8 Å². The Labute approximate surface area is 141 Å². The molecule has 1 saturated heterocycles. The second-order valence-corrected chi connectivity index (χ2v) is 7.55. The van der Waals surface area contributed by atoms with Crippen LogP contribution in [0.5, 0.6) is 0 Å². The number of likely N-dealkylation sites (tertiary alicyclic amines) is 1. The highest BCUT2D eigenvalue weighted by molar-refractivity contribution is 5.73. The van der Waals surface area contributed by atoms with Crippen molar-refractivity contribution in [2.45, 2.75) is 76.4 Å². The van der Waals surface area contributed by atoms with Gasteiger partial charge < -0.3 is 15.3 Å².